The van der Waals surface area contributed by atoms with Crippen LogP contribution < -0.4 is 11.1 Å². The minimum Gasteiger partial charge on any atom is -0.370 e. The molecule has 0 spiro atoms. The first-order valence-corrected chi connectivity index (χ1v) is 8.86. The van der Waals surface area contributed by atoms with Crippen molar-refractivity contribution in [2.45, 2.75) is 33.1 Å². The molecule has 1 aromatic carbocycles. The van der Waals surface area contributed by atoms with Gasteiger partial charge in [0.2, 0.25) is 5.91 Å². The van der Waals surface area contributed by atoms with Crippen LogP contribution in [0.25, 0.3) is 0 Å². The summed E-state index contributed by atoms with van der Waals surface area (Å²) >= 11 is 3.41. The fraction of sp³-hybridized carbons (Fsp3) is 0.529. The second-order valence-corrected chi connectivity index (χ2v) is 7.08. The van der Waals surface area contributed by atoms with Gasteiger partial charge in [-0.2, -0.15) is 0 Å². The van der Waals surface area contributed by atoms with Crippen LogP contribution in [0.4, 0.5) is 5.69 Å². The van der Waals surface area contributed by atoms with Crippen molar-refractivity contribution in [3.8, 4) is 0 Å². The van der Waals surface area contributed by atoms with Crippen LogP contribution in [0, 0.1) is 12.8 Å². The van der Waals surface area contributed by atoms with E-state index < -0.39 is 0 Å². The molecule has 0 bridgehead atoms. The molecule has 1 aliphatic rings. The van der Waals surface area contributed by atoms with Gasteiger partial charge in [0.15, 0.2) is 5.96 Å². The molecule has 1 aromatic rings. The number of benzene rings is 1. The molecule has 0 aromatic heterocycles. The van der Waals surface area contributed by atoms with E-state index in [0.717, 1.165) is 47.6 Å². The SMILES string of the molecule is Cc1ccc(Br)cc1NC(=O)CCN=C(N)N1CCC(C)CC1.I. The smallest absolute Gasteiger partial charge is 0.226 e. The molecule has 0 saturated carbocycles. The summed E-state index contributed by atoms with van der Waals surface area (Å²) < 4.78 is 0.944. The number of amides is 1. The first kappa shape index (κ1) is 21.2. The number of nitrogens with zero attached hydrogens (tertiary/aromatic N) is 2. The lowest BCUT2D eigenvalue weighted by Crippen LogP contribution is -2.42. The maximum absolute atomic E-state index is 12.0. The Morgan fingerprint density at radius 3 is 2.75 bits per heavy atom. The quantitative estimate of drug-likeness (QED) is 0.369. The molecule has 0 atom stereocenters. The van der Waals surface area contributed by atoms with Gasteiger partial charge >= 0.3 is 0 Å². The molecule has 1 aliphatic heterocycles. The predicted molar refractivity (Wildman–Crippen MR) is 114 cm³/mol. The van der Waals surface area contributed by atoms with E-state index in [1.54, 1.807) is 0 Å². The van der Waals surface area contributed by atoms with Gasteiger partial charge < -0.3 is 16.0 Å². The maximum atomic E-state index is 12.0. The topological polar surface area (TPSA) is 70.7 Å². The van der Waals surface area contributed by atoms with Crippen LogP contribution in [0.5, 0.6) is 0 Å². The Kier molecular flexibility index (Phi) is 9.04. The highest BCUT2D eigenvalue weighted by Crippen LogP contribution is 2.20. The van der Waals surface area contributed by atoms with Crippen molar-refractivity contribution in [3.63, 3.8) is 0 Å². The van der Waals surface area contributed by atoms with E-state index in [0.29, 0.717) is 18.9 Å². The molecule has 2 rings (SSSR count). The first-order valence-electron chi connectivity index (χ1n) is 8.06. The van der Waals surface area contributed by atoms with Crippen LogP contribution in [0.2, 0.25) is 0 Å². The standard InChI is InChI=1S/C17H25BrN4O.HI/c1-12-6-9-22(10-7-12)17(19)20-8-5-16(23)21-15-11-14(18)4-3-13(15)2;/h3-4,11-12H,5-10H2,1-2H3,(H2,19,20)(H,21,23);1H. The fourth-order valence-corrected chi connectivity index (χ4v) is 2.91. The van der Waals surface area contributed by atoms with Crippen molar-refractivity contribution in [2.24, 2.45) is 16.6 Å². The normalized spacial score (nSPS) is 15.8. The monoisotopic (exact) mass is 508 g/mol. The lowest BCUT2D eigenvalue weighted by atomic mass is 10.00. The van der Waals surface area contributed by atoms with Crippen LogP contribution in [-0.2, 0) is 4.79 Å². The lowest BCUT2D eigenvalue weighted by Gasteiger charge is -2.31. The molecule has 0 aliphatic carbocycles. The van der Waals surface area contributed by atoms with E-state index in [9.17, 15) is 4.79 Å². The summed E-state index contributed by atoms with van der Waals surface area (Å²) in [5.41, 5.74) is 7.87. The average Bonchev–Trinajstić information content (AvgIpc) is 2.51. The van der Waals surface area contributed by atoms with Gasteiger partial charge in [0.05, 0.1) is 6.54 Å². The first-order chi connectivity index (χ1) is 11.0. The van der Waals surface area contributed by atoms with Gasteiger partial charge in [0.1, 0.15) is 0 Å². The van der Waals surface area contributed by atoms with E-state index in [1.807, 2.05) is 25.1 Å². The van der Waals surface area contributed by atoms with Gasteiger partial charge in [-0.05, 0) is 43.4 Å². The van der Waals surface area contributed by atoms with Gasteiger partial charge in [-0.15, -0.1) is 24.0 Å². The summed E-state index contributed by atoms with van der Waals surface area (Å²) in [4.78, 5) is 18.5. The van der Waals surface area contributed by atoms with Crippen LogP contribution >= 0.6 is 39.9 Å². The molecular formula is C17H26BrIN4O. The van der Waals surface area contributed by atoms with Gasteiger partial charge in [0.25, 0.3) is 0 Å². The zero-order valence-corrected chi connectivity index (χ0v) is 18.1. The number of piperidine rings is 1. The number of carbonyl (C=O) groups excluding carboxylic acids is 1. The third-order valence-corrected chi connectivity index (χ3v) is 4.69. The fourth-order valence-electron chi connectivity index (χ4n) is 2.55. The van der Waals surface area contributed by atoms with Crippen LogP contribution in [-0.4, -0.2) is 36.4 Å². The number of guanidine groups is 1. The van der Waals surface area contributed by atoms with Crippen LogP contribution in [0.1, 0.15) is 31.7 Å². The second kappa shape index (κ2) is 10.2. The second-order valence-electron chi connectivity index (χ2n) is 6.17. The molecule has 1 saturated heterocycles. The Morgan fingerprint density at radius 1 is 1.42 bits per heavy atom. The average molecular weight is 509 g/mol. The highest BCUT2D eigenvalue weighted by molar-refractivity contribution is 14.0. The summed E-state index contributed by atoms with van der Waals surface area (Å²) in [5, 5.41) is 2.92. The Labute approximate surface area is 169 Å². The van der Waals surface area contributed by atoms with Gasteiger partial charge in [-0.1, -0.05) is 28.9 Å². The molecule has 5 nitrogen and oxygen atoms in total. The summed E-state index contributed by atoms with van der Waals surface area (Å²) in [5.74, 6) is 1.27. The number of nitrogens with one attached hydrogen (secondary N) is 1. The minimum atomic E-state index is -0.0463. The third kappa shape index (κ3) is 6.58. The van der Waals surface area contributed by atoms with Crippen molar-refractivity contribution in [1.29, 1.82) is 0 Å². The van der Waals surface area contributed by atoms with Crippen molar-refractivity contribution >= 4 is 57.5 Å². The molecule has 24 heavy (non-hydrogen) atoms. The molecule has 3 N–H and O–H groups in total. The number of anilines is 1. The van der Waals surface area contributed by atoms with Gasteiger partial charge in [0, 0.05) is 29.7 Å². The number of nitrogens with two attached hydrogens (primary N) is 1. The Hall–Kier alpha value is -0.830. The van der Waals surface area contributed by atoms with Gasteiger partial charge in [-0.3, -0.25) is 9.79 Å². The Balaban J connectivity index is 0.00000288. The number of likely N-dealkylation sites (tertiary alicyclic amines) is 1. The van der Waals surface area contributed by atoms with E-state index in [2.05, 4.69) is 38.1 Å². The molecule has 1 amide bonds. The molecule has 0 unspecified atom stereocenters. The van der Waals surface area contributed by atoms with Crippen LogP contribution in [0.3, 0.4) is 0 Å². The number of hydrogen-bond donors (Lipinski definition) is 2. The number of rotatable bonds is 4. The van der Waals surface area contributed by atoms with Crippen molar-refractivity contribution in [3.05, 3.63) is 28.2 Å². The number of halogens is 2. The highest BCUT2D eigenvalue weighted by Gasteiger charge is 2.16. The van der Waals surface area contributed by atoms with Gasteiger partial charge in [-0.25, -0.2) is 0 Å². The molecule has 134 valence electrons. The largest absolute Gasteiger partial charge is 0.370 e. The van der Waals surface area contributed by atoms with E-state index in [4.69, 9.17) is 5.73 Å². The minimum absolute atomic E-state index is 0. The van der Waals surface area contributed by atoms with E-state index >= 15 is 0 Å². The zero-order valence-electron chi connectivity index (χ0n) is 14.2. The number of aryl methyl sites for hydroxylation is 1. The summed E-state index contributed by atoms with van der Waals surface area (Å²) in [6, 6.07) is 5.82. The Morgan fingerprint density at radius 2 is 2.08 bits per heavy atom. The van der Waals surface area contributed by atoms with Crippen molar-refractivity contribution in [2.75, 3.05) is 25.0 Å². The molecule has 1 fully saturated rings. The van der Waals surface area contributed by atoms with Crippen molar-refractivity contribution < 1.29 is 4.79 Å². The van der Waals surface area contributed by atoms with Crippen molar-refractivity contribution in [1.82, 2.24) is 4.90 Å². The number of aliphatic imine (C=N–C) groups is 1. The highest BCUT2D eigenvalue weighted by atomic mass is 127. The predicted octanol–water partition coefficient (Wildman–Crippen LogP) is 3.75. The molecule has 1 heterocycles. The number of carbonyl (C=O) groups is 1. The zero-order chi connectivity index (χ0) is 16.8. The third-order valence-electron chi connectivity index (χ3n) is 4.19. The summed E-state index contributed by atoms with van der Waals surface area (Å²) in [6.07, 6.45) is 2.63. The molecule has 7 heteroatoms. The molecule has 0 radical (unpaired) electrons. The lowest BCUT2D eigenvalue weighted by molar-refractivity contribution is -0.116. The van der Waals surface area contributed by atoms with E-state index in [-0.39, 0.29) is 29.9 Å². The molecular weight excluding hydrogens is 483 g/mol. The van der Waals surface area contributed by atoms with Crippen LogP contribution in [0.15, 0.2) is 27.7 Å². The maximum Gasteiger partial charge on any atom is 0.226 e. The summed E-state index contributed by atoms with van der Waals surface area (Å²) in [6.45, 7) is 6.56. The summed E-state index contributed by atoms with van der Waals surface area (Å²) in [7, 11) is 0. The van der Waals surface area contributed by atoms with E-state index in [1.165, 1.54) is 0 Å². The number of hydrogen-bond acceptors (Lipinski definition) is 2. The Bertz CT molecular complexity index is 586.